The first-order valence-electron chi connectivity index (χ1n) is 6.59. The highest BCUT2D eigenvalue weighted by Crippen LogP contribution is 2.77. The molecule has 1 spiro atoms. The Morgan fingerprint density at radius 3 is 2.81 bits per heavy atom. The Morgan fingerprint density at radius 1 is 1.25 bits per heavy atom. The molecule has 2 nitrogen and oxygen atoms in total. The monoisotopic (exact) mass is 220 g/mol. The van der Waals surface area contributed by atoms with E-state index in [1.54, 1.807) is 0 Å². The molecule has 88 valence electrons. The molecule has 2 bridgehead atoms. The van der Waals surface area contributed by atoms with Gasteiger partial charge < -0.3 is 9.47 Å². The standard InChI is InChI=1S/C14H20O2/c1-8-6-9(2)16-14-10-4-5-13(14,3)7-11(15-8)12(10)14/h4-5,8-12H,6-7H2,1-3H3/t8-,9+,10-,11+,12-,13+,14+/m1/s1. The number of hydrogen-bond donors (Lipinski definition) is 0. The van der Waals surface area contributed by atoms with Crippen LogP contribution in [0.3, 0.4) is 0 Å². The SMILES string of the molecule is C[C@@H]1C[C@H](C)O[C@@]23[C@H]4[C@H](C[C@]2(C)C=C[C@H]43)O1. The number of ether oxygens (including phenoxy) is 2. The summed E-state index contributed by atoms with van der Waals surface area (Å²) in [7, 11) is 0. The highest BCUT2D eigenvalue weighted by molar-refractivity contribution is 5.42. The molecule has 1 heterocycles. The normalized spacial score (nSPS) is 66.3. The van der Waals surface area contributed by atoms with Crippen molar-refractivity contribution in [1.29, 1.82) is 0 Å². The molecule has 4 rings (SSSR count). The second kappa shape index (κ2) is 2.56. The van der Waals surface area contributed by atoms with Crippen LogP contribution in [-0.4, -0.2) is 23.9 Å². The number of rotatable bonds is 0. The fourth-order valence-electron chi connectivity index (χ4n) is 4.79. The van der Waals surface area contributed by atoms with Gasteiger partial charge in [-0.1, -0.05) is 19.1 Å². The molecule has 1 saturated heterocycles. The third-order valence-corrected chi connectivity index (χ3v) is 5.33. The van der Waals surface area contributed by atoms with Gasteiger partial charge in [-0.3, -0.25) is 0 Å². The minimum absolute atomic E-state index is 0.122. The lowest BCUT2D eigenvalue weighted by atomic mass is 9.84. The van der Waals surface area contributed by atoms with Crippen molar-refractivity contribution in [3.63, 3.8) is 0 Å². The summed E-state index contributed by atoms with van der Waals surface area (Å²) in [6, 6.07) is 0. The predicted octanol–water partition coefficient (Wildman–Crippen LogP) is 2.53. The Hall–Kier alpha value is -0.340. The zero-order valence-corrected chi connectivity index (χ0v) is 10.3. The molecule has 16 heavy (non-hydrogen) atoms. The van der Waals surface area contributed by atoms with Gasteiger partial charge in [-0.05, 0) is 26.7 Å². The molecule has 2 saturated carbocycles. The van der Waals surface area contributed by atoms with Gasteiger partial charge in [-0.25, -0.2) is 0 Å². The van der Waals surface area contributed by atoms with Gasteiger partial charge in [-0.15, -0.1) is 0 Å². The maximum absolute atomic E-state index is 6.46. The van der Waals surface area contributed by atoms with E-state index in [-0.39, 0.29) is 11.0 Å². The van der Waals surface area contributed by atoms with E-state index in [9.17, 15) is 0 Å². The Balaban J connectivity index is 1.77. The van der Waals surface area contributed by atoms with Crippen molar-refractivity contribution in [2.45, 2.75) is 57.5 Å². The summed E-state index contributed by atoms with van der Waals surface area (Å²) < 4.78 is 12.7. The van der Waals surface area contributed by atoms with Crippen molar-refractivity contribution >= 4 is 0 Å². The van der Waals surface area contributed by atoms with Gasteiger partial charge in [-0.2, -0.15) is 0 Å². The molecule has 0 aromatic rings. The summed E-state index contributed by atoms with van der Waals surface area (Å²) in [5.74, 6) is 1.29. The van der Waals surface area contributed by atoms with Crippen LogP contribution in [0, 0.1) is 17.3 Å². The molecule has 0 unspecified atom stereocenters. The Labute approximate surface area is 97.0 Å². The fraction of sp³-hybridized carbons (Fsp3) is 0.857. The molecule has 4 aliphatic rings. The van der Waals surface area contributed by atoms with Crippen molar-refractivity contribution in [3.8, 4) is 0 Å². The smallest absolute Gasteiger partial charge is 0.0900 e. The predicted molar refractivity (Wildman–Crippen MR) is 61.1 cm³/mol. The van der Waals surface area contributed by atoms with Crippen LogP contribution >= 0.6 is 0 Å². The molecular weight excluding hydrogens is 200 g/mol. The van der Waals surface area contributed by atoms with E-state index >= 15 is 0 Å². The van der Waals surface area contributed by atoms with E-state index in [2.05, 4.69) is 32.9 Å². The van der Waals surface area contributed by atoms with Gasteiger partial charge >= 0.3 is 0 Å². The molecule has 0 amide bonds. The van der Waals surface area contributed by atoms with Crippen LogP contribution in [0.5, 0.6) is 0 Å². The van der Waals surface area contributed by atoms with Crippen LogP contribution in [0.4, 0.5) is 0 Å². The van der Waals surface area contributed by atoms with Crippen molar-refractivity contribution in [2.75, 3.05) is 0 Å². The van der Waals surface area contributed by atoms with Crippen LogP contribution < -0.4 is 0 Å². The van der Waals surface area contributed by atoms with E-state index in [1.165, 1.54) is 0 Å². The largest absolute Gasteiger partial charge is 0.375 e. The lowest BCUT2D eigenvalue weighted by Gasteiger charge is -2.32. The molecule has 7 atom stereocenters. The quantitative estimate of drug-likeness (QED) is 0.584. The van der Waals surface area contributed by atoms with Crippen LogP contribution in [0.1, 0.15) is 33.6 Å². The van der Waals surface area contributed by atoms with E-state index < -0.39 is 0 Å². The lowest BCUT2D eigenvalue weighted by Crippen LogP contribution is -2.36. The average Bonchev–Trinajstić information content (AvgIpc) is 2.67. The first-order valence-corrected chi connectivity index (χ1v) is 6.59. The highest BCUT2D eigenvalue weighted by Gasteiger charge is 2.82. The maximum atomic E-state index is 6.46. The fourth-order valence-corrected chi connectivity index (χ4v) is 4.79. The molecule has 0 radical (unpaired) electrons. The van der Waals surface area contributed by atoms with Crippen LogP contribution in [0.15, 0.2) is 12.2 Å². The van der Waals surface area contributed by atoms with Crippen molar-refractivity contribution in [3.05, 3.63) is 12.2 Å². The minimum atomic E-state index is 0.122. The molecular formula is C14H20O2. The van der Waals surface area contributed by atoms with Crippen molar-refractivity contribution in [2.24, 2.45) is 17.3 Å². The highest BCUT2D eigenvalue weighted by atomic mass is 16.5. The van der Waals surface area contributed by atoms with E-state index in [0.717, 1.165) is 12.8 Å². The molecule has 0 aromatic heterocycles. The maximum Gasteiger partial charge on any atom is 0.0900 e. The first kappa shape index (κ1) is 9.67. The van der Waals surface area contributed by atoms with Gasteiger partial charge in [0.25, 0.3) is 0 Å². The summed E-state index contributed by atoms with van der Waals surface area (Å²) in [5.41, 5.74) is 0.364. The Morgan fingerprint density at radius 2 is 2.06 bits per heavy atom. The minimum Gasteiger partial charge on any atom is -0.375 e. The molecule has 0 aromatic carbocycles. The summed E-state index contributed by atoms with van der Waals surface area (Å²) >= 11 is 0. The zero-order chi connectivity index (χ0) is 11.1. The zero-order valence-electron chi connectivity index (χ0n) is 10.3. The molecule has 3 fully saturated rings. The molecule has 1 aliphatic heterocycles. The Bertz CT molecular complexity index is 377. The van der Waals surface area contributed by atoms with Crippen molar-refractivity contribution in [1.82, 2.24) is 0 Å². The van der Waals surface area contributed by atoms with Gasteiger partial charge in [0.05, 0.1) is 23.9 Å². The topological polar surface area (TPSA) is 18.5 Å². The van der Waals surface area contributed by atoms with Crippen LogP contribution in [-0.2, 0) is 9.47 Å². The number of hydrogen-bond acceptors (Lipinski definition) is 2. The Kier molecular flexibility index (Phi) is 1.55. The lowest BCUT2D eigenvalue weighted by molar-refractivity contribution is -0.104. The van der Waals surface area contributed by atoms with Crippen LogP contribution in [0.25, 0.3) is 0 Å². The summed E-state index contributed by atoms with van der Waals surface area (Å²) in [6.07, 6.45) is 8.08. The second-order valence-corrected chi connectivity index (χ2v) is 6.47. The third-order valence-electron chi connectivity index (χ3n) is 5.33. The summed E-state index contributed by atoms with van der Waals surface area (Å²) in [4.78, 5) is 0. The van der Waals surface area contributed by atoms with Crippen molar-refractivity contribution < 1.29 is 9.47 Å². The summed E-state index contributed by atoms with van der Waals surface area (Å²) in [6.45, 7) is 6.74. The first-order chi connectivity index (χ1) is 7.57. The second-order valence-electron chi connectivity index (χ2n) is 6.47. The van der Waals surface area contributed by atoms with E-state index in [4.69, 9.17) is 9.47 Å². The molecule has 0 N–H and O–H groups in total. The van der Waals surface area contributed by atoms with Gasteiger partial charge in [0, 0.05) is 17.3 Å². The van der Waals surface area contributed by atoms with Gasteiger partial charge in [0.2, 0.25) is 0 Å². The molecule has 3 aliphatic carbocycles. The van der Waals surface area contributed by atoms with Gasteiger partial charge in [0.15, 0.2) is 0 Å². The average molecular weight is 220 g/mol. The van der Waals surface area contributed by atoms with E-state index in [0.29, 0.717) is 30.1 Å². The van der Waals surface area contributed by atoms with E-state index in [1.807, 2.05) is 0 Å². The third kappa shape index (κ3) is 0.853. The molecule has 2 heteroatoms. The summed E-state index contributed by atoms with van der Waals surface area (Å²) in [5, 5.41) is 0. The van der Waals surface area contributed by atoms with Gasteiger partial charge in [0.1, 0.15) is 0 Å². The van der Waals surface area contributed by atoms with Crippen LogP contribution in [0.2, 0.25) is 0 Å².